The Morgan fingerprint density at radius 1 is 0.778 bits per heavy atom. The Hall–Kier alpha value is -5.29. The molecule has 0 aliphatic rings. The number of carbonyl (C=O) groups is 2. The molecule has 2 N–H and O–H groups in total. The van der Waals surface area contributed by atoms with Crippen molar-refractivity contribution in [3.63, 3.8) is 0 Å². The molecule has 0 unspecified atom stereocenters. The van der Waals surface area contributed by atoms with Crippen molar-refractivity contribution >= 4 is 27.5 Å². The second-order valence-corrected chi connectivity index (χ2v) is 12.0. The number of nitro benzene ring substituents is 1. The van der Waals surface area contributed by atoms with E-state index in [0.717, 1.165) is 16.5 Å². The van der Waals surface area contributed by atoms with E-state index in [1.165, 1.54) is 42.5 Å². The van der Waals surface area contributed by atoms with E-state index in [0.29, 0.717) is 18.4 Å². The Bertz CT molecular complexity index is 1700. The largest absolute Gasteiger partial charge is 0.445 e. The highest BCUT2D eigenvalue weighted by molar-refractivity contribution is 7.94. The fourth-order valence-corrected chi connectivity index (χ4v) is 5.55. The second-order valence-electron chi connectivity index (χ2n) is 10.2. The van der Waals surface area contributed by atoms with Crippen LogP contribution in [0.15, 0.2) is 132 Å². The summed E-state index contributed by atoms with van der Waals surface area (Å²) < 4.78 is 31.2. The molecule has 0 radical (unpaired) electrons. The molecular weight excluding hydrogens is 594 g/mol. The maximum absolute atomic E-state index is 13.6. The summed E-state index contributed by atoms with van der Waals surface area (Å²) in [6.45, 7) is -0.163. The van der Waals surface area contributed by atoms with Gasteiger partial charge in [0.2, 0.25) is 5.91 Å². The van der Waals surface area contributed by atoms with Crippen molar-refractivity contribution in [2.75, 3.05) is 0 Å². The number of non-ortho nitro benzene ring substituents is 1. The van der Waals surface area contributed by atoms with E-state index in [9.17, 15) is 28.1 Å². The maximum Gasteiger partial charge on any atom is 0.408 e. The maximum atomic E-state index is 13.6. The van der Waals surface area contributed by atoms with Gasteiger partial charge in [-0.25, -0.2) is 13.2 Å². The molecule has 4 aromatic rings. The van der Waals surface area contributed by atoms with Gasteiger partial charge in [0.15, 0.2) is 9.84 Å². The number of ether oxygens (including phenoxy) is 1. The summed E-state index contributed by atoms with van der Waals surface area (Å²) in [6.07, 6.45) is 1.72. The molecule has 10 nitrogen and oxygen atoms in total. The van der Waals surface area contributed by atoms with Gasteiger partial charge in [0.05, 0.1) is 9.82 Å². The highest BCUT2D eigenvalue weighted by atomic mass is 32.2. The third-order valence-corrected chi connectivity index (χ3v) is 8.33. The number of carbonyl (C=O) groups excluding carboxylic acids is 2. The molecule has 0 aromatic heterocycles. The number of alkyl carbamates (subject to hydrolysis) is 1. The van der Waals surface area contributed by atoms with Crippen LogP contribution in [-0.4, -0.2) is 37.4 Å². The summed E-state index contributed by atoms with van der Waals surface area (Å²) >= 11 is 0. The van der Waals surface area contributed by atoms with Crippen LogP contribution in [0, 0.1) is 10.1 Å². The van der Waals surface area contributed by atoms with Gasteiger partial charge >= 0.3 is 6.09 Å². The molecule has 4 rings (SSSR count). The molecule has 45 heavy (non-hydrogen) atoms. The topological polar surface area (TPSA) is 145 Å². The first-order valence-corrected chi connectivity index (χ1v) is 15.8. The van der Waals surface area contributed by atoms with Crippen molar-refractivity contribution in [3.8, 4) is 0 Å². The third-order valence-electron chi connectivity index (χ3n) is 6.88. The van der Waals surface area contributed by atoms with Crippen LogP contribution >= 0.6 is 0 Å². The molecule has 0 saturated heterocycles. The first kappa shape index (κ1) is 32.6. The van der Waals surface area contributed by atoms with Crippen molar-refractivity contribution in [2.24, 2.45) is 0 Å². The van der Waals surface area contributed by atoms with Gasteiger partial charge in [-0.1, -0.05) is 84.9 Å². The lowest BCUT2D eigenvalue weighted by Crippen LogP contribution is -2.50. The average molecular weight is 628 g/mol. The van der Waals surface area contributed by atoms with Crippen molar-refractivity contribution in [1.82, 2.24) is 10.6 Å². The second kappa shape index (κ2) is 16.0. The highest BCUT2D eigenvalue weighted by Crippen LogP contribution is 2.15. The molecule has 0 spiro atoms. The quantitative estimate of drug-likeness (QED) is 0.138. The van der Waals surface area contributed by atoms with Crippen LogP contribution in [0.5, 0.6) is 0 Å². The van der Waals surface area contributed by atoms with E-state index in [4.69, 9.17) is 4.74 Å². The van der Waals surface area contributed by atoms with Gasteiger partial charge in [-0.15, -0.1) is 0 Å². The summed E-state index contributed by atoms with van der Waals surface area (Å²) in [5.74, 6) is -0.522. The number of benzene rings is 4. The first-order chi connectivity index (χ1) is 21.7. The minimum atomic E-state index is -3.76. The molecule has 0 fully saturated rings. The van der Waals surface area contributed by atoms with Crippen LogP contribution in [0.3, 0.4) is 0 Å². The Kier molecular flexibility index (Phi) is 11.6. The van der Waals surface area contributed by atoms with Crippen molar-refractivity contribution in [2.45, 2.75) is 42.8 Å². The standard InChI is InChI=1S/C34H33N3O7S/c38-33(35-29(19-16-26-10-4-1-5-11-26)22-23-45(42,43)31-14-8-3-9-15-31)32(24-27-12-6-2-7-13-27)36-34(39)44-25-28-17-20-30(21-18-28)37(40)41/h1-15,17-18,20-23,29,32H,16,19,24-25H2,(H,35,38)(H,36,39)/b23-22+/t29-,32-/m0/s1. The van der Waals surface area contributed by atoms with Gasteiger partial charge in [-0.3, -0.25) is 14.9 Å². The number of sulfone groups is 1. The number of rotatable bonds is 14. The number of amides is 2. The predicted molar refractivity (Wildman–Crippen MR) is 170 cm³/mol. The fourth-order valence-electron chi connectivity index (χ4n) is 4.46. The number of hydrogen-bond donors (Lipinski definition) is 2. The molecule has 2 amide bonds. The number of nitrogens with zero attached hydrogens (tertiary/aromatic N) is 1. The summed E-state index contributed by atoms with van der Waals surface area (Å²) in [4.78, 5) is 36.9. The van der Waals surface area contributed by atoms with Crippen LogP contribution < -0.4 is 10.6 Å². The first-order valence-electron chi connectivity index (χ1n) is 14.2. The Balaban J connectivity index is 1.49. The molecule has 11 heteroatoms. The summed E-state index contributed by atoms with van der Waals surface area (Å²) in [6, 6.07) is 30.6. The molecule has 0 aliphatic carbocycles. The normalized spacial score (nSPS) is 12.6. The van der Waals surface area contributed by atoms with E-state index in [1.54, 1.807) is 18.2 Å². The highest BCUT2D eigenvalue weighted by Gasteiger charge is 2.24. The minimum absolute atomic E-state index is 0.0877. The monoisotopic (exact) mass is 627 g/mol. The molecule has 2 atom stereocenters. The van der Waals surface area contributed by atoms with Crippen molar-refractivity contribution in [1.29, 1.82) is 0 Å². The van der Waals surface area contributed by atoms with Crippen LogP contribution in [-0.2, 0) is 38.8 Å². The van der Waals surface area contributed by atoms with Gasteiger partial charge in [0.25, 0.3) is 5.69 Å². The van der Waals surface area contributed by atoms with E-state index >= 15 is 0 Å². The summed E-state index contributed by atoms with van der Waals surface area (Å²) in [5.41, 5.74) is 2.25. The lowest BCUT2D eigenvalue weighted by molar-refractivity contribution is -0.384. The lowest BCUT2D eigenvalue weighted by atomic mass is 10.0. The van der Waals surface area contributed by atoms with Gasteiger partial charge in [0, 0.05) is 30.0 Å². The van der Waals surface area contributed by atoms with E-state index in [-0.39, 0.29) is 23.6 Å². The van der Waals surface area contributed by atoms with Crippen molar-refractivity contribution < 1.29 is 27.7 Å². The number of aryl methyl sites for hydroxylation is 1. The molecular formula is C34H33N3O7S. The van der Waals surface area contributed by atoms with Gasteiger partial charge in [-0.05, 0) is 53.8 Å². The van der Waals surface area contributed by atoms with Crippen molar-refractivity contribution in [3.05, 3.63) is 154 Å². The number of nitro groups is 1. The van der Waals surface area contributed by atoms with Gasteiger partial charge in [-0.2, -0.15) is 0 Å². The number of hydrogen-bond acceptors (Lipinski definition) is 7. The zero-order valence-electron chi connectivity index (χ0n) is 24.3. The van der Waals surface area contributed by atoms with E-state index in [2.05, 4.69) is 10.6 Å². The zero-order chi connectivity index (χ0) is 32.1. The van der Waals surface area contributed by atoms with Gasteiger partial charge in [0.1, 0.15) is 12.6 Å². The van der Waals surface area contributed by atoms with Crippen LogP contribution in [0.1, 0.15) is 23.1 Å². The smallest absolute Gasteiger partial charge is 0.408 e. The average Bonchev–Trinajstić information content (AvgIpc) is 3.06. The SMILES string of the molecule is O=C(N[C@@H](Cc1ccccc1)C(=O)N[C@H](/C=C/S(=O)(=O)c1ccccc1)CCc1ccccc1)OCc1ccc([N+](=O)[O-])cc1. The zero-order valence-corrected chi connectivity index (χ0v) is 25.1. The Morgan fingerprint density at radius 2 is 1.36 bits per heavy atom. The van der Waals surface area contributed by atoms with E-state index in [1.807, 2.05) is 60.7 Å². The molecule has 0 bridgehead atoms. The van der Waals surface area contributed by atoms with Crippen LogP contribution in [0.4, 0.5) is 10.5 Å². The number of nitrogens with one attached hydrogen (secondary N) is 2. The van der Waals surface area contributed by atoms with E-state index < -0.39 is 38.8 Å². The fraction of sp³-hybridized carbons (Fsp3) is 0.176. The molecule has 0 aliphatic heterocycles. The third kappa shape index (κ3) is 10.4. The molecule has 232 valence electrons. The van der Waals surface area contributed by atoms with Crippen LogP contribution in [0.2, 0.25) is 0 Å². The Labute approximate surface area is 261 Å². The molecule has 0 heterocycles. The van der Waals surface area contributed by atoms with Crippen LogP contribution in [0.25, 0.3) is 0 Å². The minimum Gasteiger partial charge on any atom is -0.445 e. The Morgan fingerprint density at radius 3 is 1.96 bits per heavy atom. The molecule has 0 saturated carbocycles. The summed E-state index contributed by atoms with van der Waals surface area (Å²) in [7, 11) is -3.76. The predicted octanol–water partition coefficient (Wildman–Crippen LogP) is 5.54. The van der Waals surface area contributed by atoms with Gasteiger partial charge < -0.3 is 15.4 Å². The summed E-state index contributed by atoms with van der Waals surface area (Å²) in [5, 5.41) is 17.5. The molecule has 4 aromatic carbocycles. The lowest BCUT2D eigenvalue weighted by Gasteiger charge is -2.22.